The molecule has 0 saturated carbocycles. The number of fused-ring (bicyclic) bond motifs is 2. The summed E-state index contributed by atoms with van der Waals surface area (Å²) in [6.45, 7) is 5.43. The van der Waals surface area contributed by atoms with Crippen molar-refractivity contribution >= 4 is 29.4 Å². The van der Waals surface area contributed by atoms with Crippen molar-refractivity contribution in [1.82, 2.24) is 9.55 Å². The number of rotatable bonds is 6. The molecule has 176 valence electrons. The number of aromatic nitrogens is 2. The maximum atomic E-state index is 11.7. The van der Waals surface area contributed by atoms with Crippen molar-refractivity contribution in [2.75, 3.05) is 13.9 Å². The number of halogens is 1. The molecular formula is C26H25ClN2O5. The van der Waals surface area contributed by atoms with Gasteiger partial charge in [0.25, 0.3) is 0 Å². The summed E-state index contributed by atoms with van der Waals surface area (Å²) in [4.78, 5) is 16.4. The fourth-order valence-electron chi connectivity index (χ4n) is 4.07. The summed E-state index contributed by atoms with van der Waals surface area (Å²) in [7, 11) is 1.38. The number of pyridine rings is 1. The number of ether oxygens (including phenoxy) is 4. The second-order valence-electron chi connectivity index (χ2n) is 7.97. The molecule has 2 aromatic heterocycles. The molecule has 1 aliphatic heterocycles. The fourth-order valence-corrected chi connectivity index (χ4v) is 4.07. The van der Waals surface area contributed by atoms with Crippen molar-refractivity contribution < 1.29 is 23.7 Å². The predicted octanol–water partition coefficient (Wildman–Crippen LogP) is 5.22. The molecule has 2 aromatic carbocycles. The van der Waals surface area contributed by atoms with Crippen LogP contribution in [0.25, 0.3) is 11.0 Å². The van der Waals surface area contributed by atoms with Gasteiger partial charge in [0.05, 0.1) is 18.2 Å². The van der Waals surface area contributed by atoms with Crippen molar-refractivity contribution in [3.8, 4) is 17.2 Å². The van der Waals surface area contributed by atoms with Crippen molar-refractivity contribution in [3.05, 3.63) is 82.7 Å². The maximum Gasteiger partial charge on any atom is 0.337 e. The average molecular weight is 481 g/mol. The Kier molecular flexibility index (Phi) is 6.65. The van der Waals surface area contributed by atoms with Gasteiger partial charge in [-0.1, -0.05) is 18.2 Å². The molecule has 0 fully saturated rings. The lowest BCUT2D eigenvalue weighted by molar-refractivity contribution is 0.0600. The number of benzene rings is 2. The standard InChI is InChI=1S/C26H24N2O5.ClH/c1-16-17(2)28(13-18-4-7-20(8-5-18)26(29)30-3)25-22(10-11-27-24(16)25)31-14-19-6-9-21-23(12-19)33-15-32-21;/h4-12H,13-15H2,1-3H3;1H. The highest BCUT2D eigenvalue weighted by molar-refractivity contribution is 5.89. The van der Waals surface area contributed by atoms with Crippen LogP contribution >= 0.6 is 12.4 Å². The predicted molar refractivity (Wildman–Crippen MR) is 130 cm³/mol. The smallest absolute Gasteiger partial charge is 0.337 e. The molecule has 34 heavy (non-hydrogen) atoms. The van der Waals surface area contributed by atoms with E-state index in [1.54, 1.807) is 18.3 Å². The lowest BCUT2D eigenvalue weighted by Crippen LogP contribution is -2.05. The Morgan fingerprint density at radius 3 is 2.53 bits per heavy atom. The fraction of sp³-hybridized carbons (Fsp3) is 0.231. The summed E-state index contributed by atoms with van der Waals surface area (Å²) in [6, 6.07) is 15.2. The first-order valence-electron chi connectivity index (χ1n) is 10.7. The first-order chi connectivity index (χ1) is 16.0. The highest BCUT2D eigenvalue weighted by Crippen LogP contribution is 2.34. The minimum atomic E-state index is -0.344. The quantitative estimate of drug-likeness (QED) is 0.352. The average Bonchev–Trinajstić information content (AvgIpc) is 3.41. The van der Waals surface area contributed by atoms with Crippen LogP contribution in [0.5, 0.6) is 17.2 Å². The second-order valence-corrected chi connectivity index (χ2v) is 7.97. The number of nitrogens with zero attached hydrogens (tertiary/aromatic N) is 2. The summed E-state index contributed by atoms with van der Waals surface area (Å²) >= 11 is 0. The number of hydrogen-bond donors (Lipinski definition) is 0. The van der Waals surface area contributed by atoms with Gasteiger partial charge in [0, 0.05) is 24.5 Å². The van der Waals surface area contributed by atoms with Gasteiger partial charge in [-0.2, -0.15) is 0 Å². The van der Waals surface area contributed by atoms with E-state index in [4.69, 9.17) is 18.9 Å². The highest BCUT2D eigenvalue weighted by Gasteiger charge is 2.18. The monoisotopic (exact) mass is 480 g/mol. The minimum absolute atomic E-state index is 0. The van der Waals surface area contributed by atoms with E-state index in [0.717, 1.165) is 50.7 Å². The Hall–Kier alpha value is -3.71. The van der Waals surface area contributed by atoms with Crippen LogP contribution in [0.2, 0.25) is 0 Å². The molecule has 8 heteroatoms. The van der Waals surface area contributed by atoms with Crippen LogP contribution in [0.1, 0.15) is 32.7 Å². The highest BCUT2D eigenvalue weighted by atomic mass is 35.5. The SMILES string of the molecule is COC(=O)c1ccc(Cn2c(C)c(C)c3nccc(OCc4ccc5c(c4)OCO5)c32)cc1.Cl. The van der Waals surface area contributed by atoms with E-state index >= 15 is 0 Å². The molecule has 4 aromatic rings. The molecule has 0 aliphatic carbocycles. The number of carbonyl (C=O) groups is 1. The minimum Gasteiger partial charge on any atom is -0.487 e. The van der Waals surface area contributed by atoms with Gasteiger partial charge >= 0.3 is 5.97 Å². The van der Waals surface area contributed by atoms with Crippen LogP contribution < -0.4 is 14.2 Å². The Bertz CT molecular complexity index is 1350. The van der Waals surface area contributed by atoms with Crippen LogP contribution in [0.3, 0.4) is 0 Å². The van der Waals surface area contributed by atoms with Gasteiger partial charge < -0.3 is 23.5 Å². The Morgan fingerprint density at radius 1 is 1.03 bits per heavy atom. The van der Waals surface area contributed by atoms with Gasteiger partial charge in [-0.3, -0.25) is 4.98 Å². The van der Waals surface area contributed by atoms with E-state index < -0.39 is 0 Å². The molecule has 7 nitrogen and oxygen atoms in total. The molecule has 1 aliphatic rings. The van der Waals surface area contributed by atoms with Crippen molar-refractivity contribution in [1.29, 1.82) is 0 Å². The van der Waals surface area contributed by atoms with Crippen LogP contribution in [0.15, 0.2) is 54.7 Å². The number of aryl methyl sites for hydroxylation is 1. The molecule has 0 N–H and O–H groups in total. The van der Waals surface area contributed by atoms with Crippen molar-refractivity contribution in [3.63, 3.8) is 0 Å². The number of hydrogen-bond acceptors (Lipinski definition) is 6. The molecule has 0 amide bonds. The third-order valence-electron chi connectivity index (χ3n) is 6.01. The first kappa shape index (κ1) is 23.4. The van der Waals surface area contributed by atoms with E-state index in [9.17, 15) is 4.79 Å². The third kappa shape index (κ3) is 4.26. The molecule has 0 bridgehead atoms. The van der Waals surface area contributed by atoms with Crippen LogP contribution in [-0.2, 0) is 17.9 Å². The number of esters is 1. The molecule has 0 unspecified atom stereocenters. The third-order valence-corrected chi connectivity index (χ3v) is 6.01. The van der Waals surface area contributed by atoms with E-state index in [2.05, 4.69) is 23.4 Å². The molecule has 3 heterocycles. The number of methoxy groups -OCH3 is 1. The summed E-state index contributed by atoms with van der Waals surface area (Å²) in [5.41, 5.74) is 6.69. The van der Waals surface area contributed by atoms with Crippen LogP contribution in [-0.4, -0.2) is 29.4 Å². The van der Waals surface area contributed by atoms with Crippen LogP contribution in [0.4, 0.5) is 0 Å². The summed E-state index contributed by atoms with van der Waals surface area (Å²) in [5.74, 6) is 1.91. The summed E-state index contributed by atoms with van der Waals surface area (Å²) in [5, 5.41) is 0. The second kappa shape index (κ2) is 9.65. The van der Waals surface area contributed by atoms with Gasteiger partial charge in [0.1, 0.15) is 17.9 Å². The molecular weight excluding hydrogens is 456 g/mol. The molecule has 5 rings (SSSR count). The lowest BCUT2D eigenvalue weighted by Gasteiger charge is -2.13. The molecule has 0 radical (unpaired) electrons. The summed E-state index contributed by atoms with van der Waals surface area (Å²) in [6.07, 6.45) is 1.78. The largest absolute Gasteiger partial charge is 0.487 e. The molecule has 0 atom stereocenters. The van der Waals surface area contributed by atoms with Crippen molar-refractivity contribution in [2.24, 2.45) is 0 Å². The first-order valence-corrected chi connectivity index (χ1v) is 10.7. The van der Waals surface area contributed by atoms with E-state index in [1.165, 1.54) is 7.11 Å². The Labute approximate surface area is 203 Å². The normalized spacial score (nSPS) is 11.9. The van der Waals surface area contributed by atoms with Gasteiger partial charge in [-0.05, 0) is 54.8 Å². The van der Waals surface area contributed by atoms with Gasteiger partial charge in [0.15, 0.2) is 11.5 Å². The lowest BCUT2D eigenvalue weighted by atomic mass is 10.1. The Morgan fingerprint density at radius 2 is 1.76 bits per heavy atom. The molecule has 0 spiro atoms. The Balaban J connectivity index is 0.00000274. The topological polar surface area (TPSA) is 71.8 Å². The number of carbonyl (C=O) groups excluding carboxylic acids is 1. The zero-order chi connectivity index (χ0) is 22.9. The molecule has 0 saturated heterocycles. The van der Waals surface area contributed by atoms with E-state index in [0.29, 0.717) is 18.7 Å². The summed E-state index contributed by atoms with van der Waals surface area (Å²) < 4.78 is 24.1. The van der Waals surface area contributed by atoms with Crippen molar-refractivity contribution in [2.45, 2.75) is 27.0 Å². The van der Waals surface area contributed by atoms with Crippen LogP contribution in [0, 0.1) is 13.8 Å². The van der Waals surface area contributed by atoms with E-state index in [1.807, 2.05) is 36.4 Å². The van der Waals surface area contributed by atoms with E-state index in [-0.39, 0.29) is 25.2 Å². The van der Waals surface area contributed by atoms with Gasteiger partial charge in [0.2, 0.25) is 6.79 Å². The zero-order valence-corrected chi connectivity index (χ0v) is 20.0. The van der Waals surface area contributed by atoms with Gasteiger partial charge in [-0.25, -0.2) is 4.79 Å². The van der Waals surface area contributed by atoms with Gasteiger partial charge in [-0.15, -0.1) is 12.4 Å². The zero-order valence-electron chi connectivity index (χ0n) is 19.2. The maximum absolute atomic E-state index is 11.7.